The highest BCUT2D eigenvalue weighted by molar-refractivity contribution is 7.97. The summed E-state index contributed by atoms with van der Waals surface area (Å²) in [5, 5.41) is 8.14. The second-order valence-corrected chi connectivity index (χ2v) is 13.0. The summed E-state index contributed by atoms with van der Waals surface area (Å²) in [7, 11) is -0.0497. The summed E-state index contributed by atoms with van der Waals surface area (Å²) in [6, 6.07) is 52.6. The number of hydrogen-bond acceptors (Lipinski definition) is 0. The zero-order valence-corrected chi connectivity index (χ0v) is 23.6. The number of benzene rings is 7. The molecule has 0 fully saturated rings. The van der Waals surface area contributed by atoms with E-state index in [1.54, 1.807) is 0 Å². The molecule has 190 valence electrons. The van der Waals surface area contributed by atoms with E-state index in [9.17, 15) is 0 Å². The van der Waals surface area contributed by atoms with Crippen LogP contribution in [0.15, 0.2) is 160 Å². The molecule has 0 bridgehead atoms. The summed E-state index contributed by atoms with van der Waals surface area (Å²) in [6.45, 7) is 6.78. The van der Waals surface area contributed by atoms with Gasteiger partial charge in [0.25, 0.3) is 0 Å². The van der Waals surface area contributed by atoms with Crippen LogP contribution in [0.5, 0.6) is 0 Å². The second kappa shape index (κ2) is 10.6. The lowest BCUT2D eigenvalue weighted by atomic mass is 9.87. The van der Waals surface area contributed by atoms with Gasteiger partial charge in [0, 0.05) is 0 Å². The standard InChI is InChI=1S/C22H23S.C16H10/c1-22(2,3)18-14-16-21(17-15-18)23(19-10-6-4-7-11-19)20-12-8-5-9-13-20;1-3-11-7-9-13-5-2-6-14-10-8-12(4-1)15(11)16(13)14/h4-17H,1-3H3;1-10H/q+1;. The molecule has 0 nitrogen and oxygen atoms in total. The molecule has 39 heavy (non-hydrogen) atoms. The molecule has 0 spiro atoms. The maximum atomic E-state index is 2.30. The minimum absolute atomic E-state index is 0.0497. The van der Waals surface area contributed by atoms with Crippen LogP contribution in [0.3, 0.4) is 0 Å². The Morgan fingerprint density at radius 1 is 0.359 bits per heavy atom. The first-order valence-corrected chi connectivity index (χ1v) is 14.8. The van der Waals surface area contributed by atoms with Gasteiger partial charge in [-0.05, 0) is 79.7 Å². The van der Waals surface area contributed by atoms with E-state index in [1.165, 1.54) is 52.6 Å². The molecule has 7 rings (SSSR count). The molecular formula is C38H33S+. The van der Waals surface area contributed by atoms with Crippen molar-refractivity contribution in [2.75, 3.05) is 0 Å². The molecule has 0 heterocycles. The Labute approximate surface area is 234 Å². The molecule has 7 aromatic rings. The van der Waals surface area contributed by atoms with Crippen molar-refractivity contribution in [2.45, 2.75) is 40.9 Å². The average molecular weight is 522 g/mol. The van der Waals surface area contributed by atoms with Gasteiger partial charge in [0.1, 0.15) is 0 Å². The second-order valence-electron chi connectivity index (χ2n) is 11.0. The van der Waals surface area contributed by atoms with Gasteiger partial charge in [-0.25, -0.2) is 0 Å². The van der Waals surface area contributed by atoms with Crippen LogP contribution in [-0.4, -0.2) is 0 Å². The Kier molecular flexibility index (Phi) is 6.85. The Morgan fingerprint density at radius 2 is 0.718 bits per heavy atom. The van der Waals surface area contributed by atoms with Crippen LogP contribution in [0.4, 0.5) is 0 Å². The maximum absolute atomic E-state index is 2.30. The summed E-state index contributed by atoms with van der Waals surface area (Å²) >= 11 is 0. The van der Waals surface area contributed by atoms with E-state index >= 15 is 0 Å². The Balaban J connectivity index is 0.000000150. The predicted molar refractivity (Wildman–Crippen MR) is 170 cm³/mol. The van der Waals surface area contributed by atoms with Crippen molar-refractivity contribution in [1.82, 2.24) is 0 Å². The van der Waals surface area contributed by atoms with Gasteiger partial charge in [-0.15, -0.1) is 0 Å². The zero-order chi connectivity index (χ0) is 26.8. The summed E-state index contributed by atoms with van der Waals surface area (Å²) in [5.74, 6) is 0. The summed E-state index contributed by atoms with van der Waals surface area (Å²) in [5.41, 5.74) is 1.57. The van der Waals surface area contributed by atoms with Crippen molar-refractivity contribution >= 4 is 43.2 Å². The van der Waals surface area contributed by atoms with E-state index in [2.05, 4.69) is 166 Å². The SMILES string of the molecule is CC(C)(C)c1ccc([S+](c2ccccc2)c2ccccc2)cc1.c1cc2ccc3cccc4ccc(c1)c2c34. The average Bonchev–Trinajstić information content (AvgIpc) is 2.98. The van der Waals surface area contributed by atoms with Gasteiger partial charge in [0.15, 0.2) is 14.7 Å². The summed E-state index contributed by atoms with van der Waals surface area (Å²) < 4.78 is 0. The van der Waals surface area contributed by atoms with Crippen LogP contribution in [0.1, 0.15) is 26.3 Å². The van der Waals surface area contributed by atoms with Crippen molar-refractivity contribution in [1.29, 1.82) is 0 Å². The van der Waals surface area contributed by atoms with Crippen LogP contribution >= 0.6 is 0 Å². The molecule has 0 aliphatic carbocycles. The van der Waals surface area contributed by atoms with Crippen molar-refractivity contribution in [3.63, 3.8) is 0 Å². The van der Waals surface area contributed by atoms with E-state index in [4.69, 9.17) is 0 Å². The first-order valence-electron chi connectivity index (χ1n) is 13.6. The Hall–Kier alpha value is -4.07. The fourth-order valence-electron chi connectivity index (χ4n) is 5.28. The first-order chi connectivity index (χ1) is 19.0. The van der Waals surface area contributed by atoms with Crippen molar-refractivity contribution in [3.8, 4) is 0 Å². The maximum Gasteiger partial charge on any atom is 0.166 e. The molecule has 0 N–H and O–H groups in total. The monoisotopic (exact) mass is 521 g/mol. The fraction of sp³-hybridized carbons (Fsp3) is 0.105. The van der Waals surface area contributed by atoms with E-state index in [1.807, 2.05) is 0 Å². The normalized spacial score (nSPS) is 11.7. The molecule has 0 radical (unpaired) electrons. The largest absolute Gasteiger partial charge is 0.166 e. The Bertz CT molecular complexity index is 1640. The summed E-state index contributed by atoms with van der Waals surface area (Å²) in [6.07, 6.45) is 0. The molecule has 0 aromatic heterocycles. The highest BCUT2D eigenvalue weighted by Crippen LogP contribution is 2.34. The van der Waals surface area contributed by atoms with Crippen molar-refractivity contribution in [2.24, 2.45) is 0 Å². The van der Waals surface area contributed by atoms with Gasteiger partial charge in [-0.2, -0.15) is 0 Å². The zero-order valence-electron chi connectivity index (χ0n) is 22.8. The van der Waals surface area contributed by atoms with Gasteiger partial charge in [0.2, 0.25) is 0 Å². The van der Waals surface area contributed by atoms with Crippen molar-refractivity contribution < 1.29 is 0 Å². The first kappa shape index (κ1) is 25.2. The smallest absolute Gasteiger partial charge is 0.0619 e. The lowest BCUT2D eigenvalue weighted by molar-refractivity contribution is 0.589. The van der Waals surface area contributed by atoms with Gasteiger partial charge in [0.05, 0.1) is 10.9 Å². The van der Waals surface area contributed by atoms with Crippen LogP contribution < -0.4 is 0 Å². The molecule has 0 saturated carbocycles. The third-order valence-corrected chi connectivity index (χ3v) is 9.54. The molecule has 0 aliphatic rings. The molecule has 1 heteroatoms. The third kappa shape index (κ3) is 5.15. The minimum atomic E-state index is -0.0497. The molecule has 0 saturated heterocycles. The molecule has 7 aromatic carbocycles. The number of hydrogen-bond donors (Lipinski definition) is 0. The predicted octanol–water partition coefficient (Wildman–Crippen LogP) is 10.7. The van der Waals surface area contributed by atoms with Crippen LogP contribution in [0.25, 0.3) is 32.3 Å². The Morgan fingerprint density at radius 3 is 1.08 bits per heavy atom. The third-order valence-electron chi connectivity index (χ3n) is 7.31. The van der Waals surface area contributed by atoms with Gasteiger partial charge in [-0.3, -0.25) is 0 Å². The highest BCUT2D eigenvalue weighted by Gasteiger charge is 2.28. The lowest BCUT2D eigenvalue weighted by Gasteiger charge is -2.19. The number of rotatable bonds is 3. The highest BCUT2D eigenvalue weighted by atomic mass is 32.2. The fourth-order valence-corrected chi connectivity index (χ4v) is 7.37. The molecule has 0 aliphatic heterocycles. The van der Waals surface area contributed by atoms with E-state index in [-0.39, 0.29) is 16.3 Å². The van der Waals surface area contributed by atoms with Gasteiger partial charge in [-0.1, -0.05) is 130 Å². The quantitative estimate of drug-likeness (QED) is 0.160. The van der Waals surface area contributed by atoms with E-state index < -0.39 is 0 Å². The van der Waals surface area contributed by atoms with Crippen LogP contribution in [0.2, 0.25) is 0 Å². The topological polar surface area (TPSA) is 0 Å². The van der Waals surface area contributed by atoms with Gasteiger partial charge < -0.3 is 0 Å². The molecular weight excluding hydrogens is 488 g/mol. The molecule has 0 unspecified atom stereocenters. The minimum Gasteiger partial charge on any atom is -0.0619 e. The molecule has 0 atom stereocenters. The van der Waals surface area contributed by atoms with Crippen LogP contribution in [-0.2, 0) is 16.3 Å². The van der Waals surface area contributed by atoms with E-state index in [0.717, 1.165) is 0 Å². The van der Waals surface area contributed by atoms with Crippen molar-refractivity contribution in [3.05, 3.63) is 151 Å². The van der Waals surface area contributed by atoms with Gasteiger partial charge >= 0.3 is 0 Å². The van der Waals surface area contributed by atoms with E-state index in [0.29, 0.717) is 0 Å². The molecule has 0 amide bonds. The van der Waals surface area contributed by atoms with Crippen LogP contribution in [0, 0.1) is 0 Å². The summed E-state index contributed by atoms with van der Waals surface area (Å²) in [4.78, 5) is 4.10. The lowest BCUT2D eigenvalue weighted by Crippen LogP contribution is -2.11.